The Morgan fingerprint density at radius 1 is 0.860 bits per heavy atom. The van der Waals surface area contributed by atoms with Gasteiger partial charge in [-0.3, -0.25) is 9.48 Å². The van der Waals surface area contributed by atoms with E-state index in [0.717, 1.165) is 46.9 Å². The van der Waals surface area contributed by atoms with Crippen molar-refractivity contribution in [2.45, 2.75) is 71.4 Å². The van der Waals surface area contributed by atoms with Gasteiger partial charge in [0.05, 0.1) is 23.1 Å². The highest BCUT2D eigenvalue weighted by molar-refractivity contribution is 6.35. The van der Waals surface area contributed by atoms with Crippen LogP contribution in [0.4, 0.5) is 5.69 Å². The van der Waals surface area contributed by atoms with Gasteiger partial charge in [0.2, 0.25) is 5.52 Å². The van der Waals surface area contributed by atoms with Crippen LogP contribution in [-0.4, -0.2) is 22.2 Å². The molecular formula is C35H40Cl2N5O+. The first kappa shape index (κ1) is 30.8. The summed E-state index contributed by atoms with van der Waals surface area (Å²) in [5.41, 5.74) is 11.8. The van der Waals surface area contributed by atoms with Gasteiger partial charge in [-0.1, -0.05) is 91.7 Å². The number of nitrogen functional groups attached to an aromatic ring is 1. The molecule has 2 heterocycles. The number of unbranched alkanes of at least 4 members (excludes halogenated alkanes) is 7. The van der Waals surface area contributed by atoms with Gasteiger partial charge in [0, 0.05) is 47.5 Å². The molecule has 0 aliphatic rings. The average molecular weight is 618 g/mol. The van der Waals surface area contributed by atoms with Gasteiger partial charge in [0.25, 0.3) is 5.91 Å². The fourth-order valence-electron chi connectivity index (χ4n) is 5.79. The van der Waals surface area contributed by atoms with Crippen LogP contribution in [0.5, 0.6) is 0 Å². The molecule has 0 atom stereocenters. The fourth-order valence-corrected chi connectivity index (χ4v) is 6.26. The number of amides is 1. The van der Waals surface area contributed by atoms with Crippen molar-refractivity contribution < 1.29 is 9.36 Å². The quantitative estimate of drug-likeness (QED) is 0.0973. The maximum atomic E-state index is 13.0. The van der Waals surface area contributed by atoms with Gasteiger partial charge in [0.1, 0.15) is 6.54 Å². The Morgan fingerprint density at radius 2 is 1.53 bits per heavy atom. The summed E-state index contributed by atoms with van der Waals surface area (Å²) in [6.07, 6.45) is 9.38. The van der Waals surface area contributed by atoms with E-state index in [9.17, 15) is 4.79 Å². The fraction of sp³-hybridized carbons (Fsp3) is 0.343. The van der Waals surface area contributed by atoms with Crippen LogP contribution in [0.2, 0.25) is 10.0 Å². The zero-order valence-electron chi connectivity index (χ0n) is 24.8. The Bertz CT molecular complexity index is 1710. The largest absolute Gasteiger partial charge is 0.398 e. The first-order chi connectivity index (χ1) is 20.9. The molecule has 0 unspecified atom stereocenters. The second-order valence-corrected chi connectivity index (χ2v) is 12.1. The zero-order chi connectivity index (χ0) is 30.2. The van der Waals surface area contributed by atoms with E-state index < -0.39 is 0 Å². The Balaban J connectivity index is 1.00. The number of nitrogens with one attached hydrogen (secondary N) is 1. The molecule has 0 radical (unpaired) electrons. The van der Waals surface area contributed by atoms with Crippen molar-refractivity contribution in [1.29, 1.82) is 0 Å². The van der Waals surface area contributed by atoms with Crippen LogP contribution in [0.3, 0.4) is 0 Å². The first-order valence-corrected chi connectivity index (χ1v) is 16.0. The van der Waals surface area contributed by atoms with Crippen LogP contribution in [0.1, 0.15) is 73.1 Å². The number of benzene rings is 3. The number of rotatable bonds is 14. The minimum atomic E-state index is -0.140. The van der Waals surface area contributed by atoms with Crippen LogP contribution >= 0.6 is 23.2 Å². The lowest BCUT2D eigenvalue weighted by molar-refractivity contribution is -0.677. The maximum absolute atomic E-state index is 13.0. The molecule has 8 heteroatoms. The summed E-state index contributed by atoms with van der Waals surface area (Å²) >= 11 is 12.4. The molecule has 0 saturated carbocycles. The molecule has 5 aromatic rings. The number of pyridine rings is 1. The summed E-state index contributed by atoms with van der Waals surface area (Å²) in [7, 11) is 0. The molecule has 2 aromatic heterocycles. The number of aromatic nitrogens is 3. The predicted molar refractivity (Wildman–Crippen MR) is 178 cm³/mol. The Morgan fingerprint density at radius 3 is 2.30 bits per heavy atom. The Hall–Kier alpha value is -3.61. The summed E-state index contributed by atoms with van der Waals surface area (Å²) in [4.78, 5) is 13.0. The van der Waals surface area contributed by atoms with Gasteiger partial charge in [0.15, 0.2) is 11.4 Å². The average Bonchev–Trinajstić information content (AvgIpc) is 3.37. The third-order valence-electron chi connectivity index (χ3n) is 8.10. The first-order valence-electron chi connectivity index (χ1n) is 15.3. The van der Waals surface area contributed by atoms with Crippen LogP contribution < -0.4 is 15.6 Å². The normalized spacial score (nSPS) is 11.4. The molecule has 0 fully saturated rings. The van der Waals surface area contributed by atoms with E-state index in [1.54, 1.807) is 6.07 Å². The molecule has 224 valence electrons. The molecule has 6 nitrogen and oxygen atoms in total. The van der Waals surface area contributed by atoms with Gasteiger partial charge in [-0.05, 0) is 42.7 Å². The highest BCUT2D eigenvalue weighted by Crippen LogP contribution is 2.25. The molecule has 5 rings (SSSR count). The minimum absolute atomic E-state index is 0.140. The van der Waals surface area contributed by atoms with Crippen LogP contribution in [0.15, 0.2) is 72.8 Å². The molecule has 3 aromatic carbocycles. The highest BCUT2D eigenvalue weighted by Gasteiger charge is 2.18. The standard InChI is InChI=1S/C35H39Cl2N5O/c1-25-22-31(38)28-14-8-10-16-32(28)41(25)21-13-7-5-3-2-4-6-12-20-39-35(43)34-29-15-9-11-17-33(29)42(40-34)24-26-18-19-27(36)23-30(26)37/h8-11,14-19,22-23,38H,2-7,12-13,20-21,24H2,1H3,(H,39,43)/p+1. The van der Waals surface area contributed by atoms with Crippen molar-refractivity contribution in [1.82, 2.24) is 15.1 Å². The molecule has 3 N–H and O–H groups in total. The van der Waals surface area contributed by atoms with E-state index in [1.807, 2.05) is 47.1 Å². The number of aryl methyl sites for hydroxylation is 2. The Labute approximate surface area is 263 Å². The lowest BCUT2D eigenvalue weighted by Crippen LogP contribution is -2.38. The second kappa shape index (κ2) is 14.7. The lowest BCUT2D eigenvalue weighted by atomic mass is 10.1. The van der Waals surface area contributed by atoms with Crippen molar-refractivity contribution in [3.8, 4) is 0 Å². The number of halogens is 2. The number of fused-ring (bicyclic) bond motifs is 2. The SMILES string of the molecule is Cc1cc(N)c2ccccc2[n+]1CCCCCCCCCCNC(=O)c1nn(Cc2ccc(Cl)cc2Cl)c2ccccc12. The molecular weight excluding hydrogens is 577 g/mol. The second-order valence-electron chi connectivity index (χ2n) is 11.3. The van der Waals surface area contributed by atoms with E-state index in [2.05, 4.69) is 46.2 Å². The third kappa shape index (κ3) is 7.67. The number of nitrogens with two attached hydrogens (primary N) is 1. The van der Waals surface area contributed by atoms with E-state index in [4.69, 9.17) is 28.9 Å². The van der Waals surface area contributed by atoms with E-state index in [1.165, 1.54) is 49.7 Å². The molecule has 0 saturated heterocycles. The van der Waals surface area contributed by atoms with Crippen LogP contribution in [-0.2, 0) is 13.1 Å². The van der Waals surface area contributed by atoms with E-state index >= 15 is 0 Å². The van der Waals surface area contributed by atoms with E-state index in [-0.39, 0.29) is 5.91 Å². The molecule has 43 heavy (non-hydrogen) atoms. The summed E-state index contributed by atoms with van der Waals surface area (Å²) in [6.45, 7) is 4.27. The van der Waals surface area contributed by atoms with Gasteiger partial charge < -0.3 is 11.1 Å². The molecule has 0 spiro atoms. The number of hydrogen-bond acceptors (Lipinski definition) is 3. The smallest absolute Gasteiger partial charge is 0.272 e. The van der Waals surface area contributed by atoms with Gasteiger partial charge in [-0.25, -0.2) is 0 Å². The van der Waals surface area contributed by atoms with Crippen molar-refractivity contribution in [2.24, 2.45) is 0 Å². The van der Waals surface area contributed by atoms with Crippen LogP contribution in [0.25, 0.3) is 21.8 Å². The molecule has 0 bridgehead atoms. The monoisotopic (exact) mass is 616 g/mol. The van der Waals surface area contributed by atoms with Crippen molar-refractivity contribution in [3.05, 3.63) is 99.8 Å². The topological polar surface area (TPSA) is 76.8 Å². The van der Waals surface area contributed by atoms with Gasteiger partial charge >= 0.3 is 0 Å². The van der Waals surface area contributed by atoms with Crippen molar-refractivity contribution in [2.75, 3.05) is 12.3 Å². The molecule has 0 aliphatic heterocycles. The summed E-state index contributed by atoms with van der Waals surface area (Å²) in [6, 6.07) is 23.7. The van der Waals surface area contributed by atoms with Crippen LogP contribution in [0, 0.1) is 6.92 Å². The summed E-state index contributed by atoms with van der Waals surface area (Å²) in [5, 5.41) is 10.9. The minimum Gasteiger partial charge on any atom is -0.398 e. The van der Waals surface area contributed by atoms with Gasteiger partial charge in [-0.15, -0.1) is 0 Å². The molecule has 1 amide bonds. The van der Waals surface area contributed by atoms with Crippen molar-refractivity contribution >= 4 is 56.6 Å². The number of anilines is 1. The maximum Gasteiger partial charge on any atom is 0.272 e. The number of nitrogens with zero attached hydrogens (tertiary/aromatic N) is 3. The zero-order valence-corrected chi connectivity index (χ0v) is 26.3. The third-order valence-corrected chi connectivity index (χ3v) is 8.69. The lowest BCUT2D eigenvalue weighted by Gasteiger charge is -2.07. The molecule has 0 aliphatic carbocycles. The number of carbonyl (C=O) groups excluding carboxylic acids is 1. The number of carbonyl (C=O) groups is 1. The predicted octanol–water partition coefficient (Wildman–Crippen LogP) is 8.27. The van der Waals surface area contributed by atoms with Crippen molar-refractivity contribution in [3.63, 3.8) is 0 Å². The summed E-state index contributed by atoms with van der Waals surface area (Å²) in [5.74, 6) is -0.140. The highest BCUT2D eigenvalue weighted by atomic mass is 35.5. The summed E-state index contributed by atoms with van der Waals surface area (Å²) < 4.78 is 4.22. The Kier molecular flexibility index (Phi) is 10.6. The van der Waals surface area contributed by atoms with Gasteiger partial charge in [-0.2, -0.15) is 9.67 Å². The number of hydrogen-bond donors (Lipinski definition) is 2. The van der Waals surface area contributed by atoms with E-state index in [0.29, 0.717) is 28.8 Å². The number of para-hydroxylation sites is 2.